The van der Waals surface area contributed by atoms with E-state index in [0.717, 1.165) is 35.3 Å². The van der Waals surface area contributed by atoms with Gasteiger partial charge in [-0.3, -0.25) is 14.5 Å². The van der Waals surface area contributed by atoms with Crippen LogP contribution in [0.15, 0.2) is 33.7 Å². The van der Waals surface area contributed by atoms with Gasteiger partial charge in [-0.05, 0) is 69.4 Å². The summed E-state index contributed by atoms with van der Waals surface area (Å²) in [6.07, 6.45) is 10.5. The Labute approximate surface area is 221 Å². The maximum atomic E-state index is 11.7. The predicted octanol–water partition coefficient (Wildman–Crippen LogP) is 5.14. The summed E-state index contributed by atoms with van der Waals surface area (Å²) < 4.78 is 7.09. The van der Waals surface area contributed by atoms with Gasteiger partial charge in [-0.2, -0.15) is 0 Å². The zero-order valence-corrected chi connectivity index (χ0v) is 22.4. The predicted molar refractivity (Wildman–Crippen MR) is 145 cm³/mol. The Morgan fingerprint density at radius 2 is 1.92 bits per heavy atom. The lowest BCUT2D eigenvalue weighted by Gasteiger charge is -2.32. The second-order valence-electron chi connectivity index (χ2n) is 11.3. The van der Waals surface area contributed by atoms with Crippen LogP contribution in [0.4, 0.5) is 5.82 Å². The first-order chi connectivity index (χ1) is 18.5. The minimum absolute atomic E-state index is 0.0277. The van der Waals surface area contributed by atoms with E-state index in [1.807, 2.05) is 24.4 Å². The van der Waals surface area contributed by atoms with Crippen LogP contribution in [-0.4, -0.2) is 40.7 Å². The molecule has 0 saturated heterocycles. The molecule has 2 N–H and O–H groups in total. The van der Waals surface area contributed by atoms with E-state index in [4.69, 9.17) is 19.5 Å². The average Bonchev–Trinajstić information content (AvgIpc) is 3.48. The van der Waals surface area contributed by atoms with Crippen LogP contribution in [0.2, 0.25) is 0 Å². The molecule has 0 radical (unpaired) electrons. The van der Waals surface area contributed by atoms with E-state index in [1.54, 1.807) is 0 Å². The van der Waals surface area contributed by atoms with Crippen molar-refractivity contribution in [2.75, 3.05) is 5.32 Å². The largest absolute Gasteiger partial charge is 0.439 e. The summed E-state index contributed by atoms with van der Waals surface area (Å²) in [4.78, 5) is 33.7. The molecule has 2 saturated carbocycles. The molecule has 0 aromatic carbocycles. The van der Waals surface area contributed by atoms with Crippen molar-refractivity contribution in [2.24, 2.45) is 17.8 Å². The highest BCUT2D eigenvalue weighted by Crippen LogP contribution is 2.36. The SMILES string of the molecule is CC(c1ccccn1)c1nc2nc(-c3noc(=O)[nH]3)nc(N[C@H](C)C3CCC3)c2n1C[C@H]1CC[C@H](C)CC1. The van der Waals surface area contributed by atoms with Gasteiger partial charge in [-0.25, -0.2) is 19.7 Å². The van der Waals surface area contributed by atoms with Gasteiger partial charge in [0.2, 0.25) is 11.6 Å². The number of rotatable bonds is 8. The zero-order chi connectivity index (χ0) is 26.2. The number of nitrogens with one attached hydrogen (secondary N) is 2. The lowest BCUT2D eigenvalue weighted by molar-refractivity contribution is 0.264. The molecule has 0 aliphatic heterocycles. The summed E-state index contributed by atoms with van der Waals surface area (Å²) in [5.74, 6) is 3.45. The Kier molecular flexibility index (Phi) is 6.71. The van der Waals surface area contributed by atoms with Gasteiger partial charge in [-0.1, -0.05) is 37.4 Å². The fourth-order valence-electron chi connectivity index (χ4n) is 5.91. The number of aromatic nitrogens is 7. The summed E-state index contributed by atoms with van der Waals surface area (Å²) in [6.45, 7) is 7.59. The van der Waals surface area contributed by atoms with Crippen molar-refractivity contribution in [2.45, 2.75) is 84.2 Å². The van der Waals surface area contributed by atoms with Gasteiger partial charge < -0.3 is 9.88 Å². The second kappa shape index (κ2) is 10.3. The molecule has 200 valence electrons. The molecule has 4 aromatic rings. The smallest absolute Gasteiger partial charge is 0.365 e. The molecule has 2 aliphatic carbocycles. The zero-order valence-electron chi connectivity index (χ0n) is 22.4. The molecule has 4 aromatic heterocycles. The van der Waals surface area contributed by atoms with Crippen LogP contribution in [0, 0.1) is 17.8 Å². The van der Waals surface area contributed by atoms with Crippen LogP contribution in [0.5, 0.6) is 0 Å². The second-order valence-corrected chi connectivity index (χ2v) is 11.3. The highest BCUT2D eigenvalue weighted by Gasteiger charge is 2.30. The Morgan fingerprint density at radius 3 is 2.58 bits per heavy atom. The standard InChI is InChI=1S/C28H36N8O2/c1-16-10-12-19(13-11-16)15-36-22-23(30-18(3)20-7-6-8-20)31-25(26-34-28(37)38-35-26)32-24(22)33-27(36)17(2)21-9-4-5-14-29-21/h4-5,9,14,16-20H,6-8,10-13,15H2,1-3H3,(H,30,31,32)(H,34,35,37)/t16-,17?,18-,19-/m1/s1. The molecular formula is C28H36N8O2. The van der Waals surface area contributed by atoms with Crippen LogP contribution in [0.1, 0.15) is 83.2 Å². The van der Waals surface area contributed by atoms with Crippen LogP contribution in [-0.2, 0) is 6.54 Å². The lowest BCUT2D eigenvalue weighted by Crippen LogP contribution is -2.31. The van der Waals surface area contributed by atoms with Crippen molar-refractivity contribution in [3.63, 3.8) is 0 Å². The summed E-state index contributed by atoms with van der Waals surface area (Å²) >= 11 is 0. The number of fused-ring (bicyclic) bond motifs is 1. The molecule has 0 spiro atoms. The topological polar surface area (TPSA) is 127 Å². The Morgan fingerprint density at radius 1 is 1.11 bits per heavy atom. The molecule has 0 bridgehead atoms. The van der Waals surface area contributed by atoms with Gasteiger partial charge >= 0.3 is 5.76 Å². The Balaban J connectivity index is 1.50. The Bertz CT molecular complexity index is 1450. The van der Waals surface area contributed by atoms with Gasteiger partial charge in [0.1, 0.15) is 11.3 Å². The molecular weight excluding hydrogens is 480 g/mol. The van der Waals surface area contributed by atoms with Crippen molar-refractivity contribution >= 4 is 17.0 Å². The van der Waals surface area contributed by atoms with Gasteiger partial charge in [0.25, 0.3) is 0 Å². The highest BCUT2D eigenvalue weighted by molar-refractivity contribution is 5.86. The van der Waals surface area contributed by atoms with Crippen molar-refractivity contribution in [3.05, 3.63) is 46.5 Å². The number of nitrogens with zero attached hydrogens (tertiary/aromatic N) is 6. The van der Waals surface area contributed by atoms with Gasteiger partial charge in [0.15, 0.2) is 11.5 Å². The van der Waals surface area contributed by atoms with E-state index in [1.165, 1.54) is 44.9 Å². The van der Waals surface area contributed by atoms with E-state index < -0.39 is 5.76 Å². The number of hydrogen-bond acceptors (Lipinski definition) is 8. The number of anilines is 1. The molecule has 10 nitrogen and oxygen atoms in total. The summed E-state index contributed by atoms with van der Waals surface area (Å²) in [6, 6.07) is 6.25. The van der Waals surface area contributed by atoms with Crippen LogP contribution >= 0.6 is 0 Å². The van der Waals surface area contributed by atoms with Gasteiger partial charge in [0.05, 0.1) is 11.6 Å². The first-order valence-electron chi connectivity index (χ1n) is 14.0. The minimum Gasteiger partial charge on any atom is -0.365 e. The van der Waals surface area contributed by atoms with E-state index in [-0.39, 0.29) is 17.8 Å². The Hall–Kier alpha value is -3.56. The molecule has 10 heteroatoms. The fourth-order valence-corrected chi connectivity index (χ4v) is 5.91. The minimum atomic E-state index is -0.637. The summed E-state index contributed by atoms with van der Waals surface area (Å²) in [7, 11) is 0. The number of hydrogen-bond donors (Lipinski definition) is 2. The normalized spacial score (nSPS) is 21.8. The van der Waals surface area contributed by atoms with Crippen LogP contribution in [0.3, 0.4) is 0 Å². The highest BCUT2D eigenvalue weighted by atomic mass is 16.5. The maximum absolute atomic E-state index is 11.7. The molecule has 2 aliphatic rings. The number of imidazole rings is 1. The van der Waals surface area contributed by atoms with Gasteiger partial charge in [0, 0.05) is 18.8 Å². The van der Waals surface area contributed by atoms with E-state index >= 15 is 0 Å². The van der Waals surface area contributed by atoms with Crippen molar-refractivity contribution in [1.82, 2.24) is 34.6 Å². The van der Waals surface area contributed by atoms with Crippen LogP contribution in [0.25, 0.3) is 22.8 Å². The first-order valence-corrected chi connectivity index (χ1v) is 14.0. The van der Waals surface area contributed by atoms with Crippen molar-refractivity contribution < 1.29 is 4.52 Å². The quantitative estimate of drug-likeness (QED) is 0.329. The third kappa shape index (κ3) is 4.83. The molecule has 4 heterocycles. The molecule has 6 rings (SSSR count). The van der Waals surface area contributed by atoms with Gasteiger partial charge in [-0.15, -0.1) is 0 Å². The van der Waals surface area contributed by atoms with Crippen molar-refractivity contribution in [3.8, 4) is 11.6 Å². The number of H-pyrrole nitrogens is 1. The monoisotopic (exact) mass is 516 g/mol. The third-order valence-electron chi connectivity index (χ3n) is 8.60. The fraction of sp³-hybridized carbons (Fsp3) is 0.571. The first kappa shape index (κ1) is 24.8. The molecule has 2 fully saturated rings. The summed E-state index contributed by atoms with van der Waals surface area (Å²) in [5, 5.41) is 7.55. The lowest BCUT2D eigenvalue weighted by atomic mass is 9.80. The average molecular weight is 517 g/mol. The maximum Gasteiger partial charge on any atom is 0.439 e. The van der Waals surface area contributed by atoms with E-state index in [0.29, 0.717) is 23.3 Å². The van der Waals surface area contributed by atoms with Crippen molar-refractivity contribution in [1.29, 1.82) is 0 Å². The number of aromatic amines is 1. The molecule has 38 heavy (non-hydrogen) atoms. The summed E-state index contributed by atoms with van der Waals surface area (Å²) in [5.41, 5.74) is 2.46. The third-order valence-corrected chi connectivity index (χ3v) is 8.60. The van der Waals surface area contributed by atoms with Crippen LogP contribution < -0.4 is 11.1 Å². The van der Waals surface area contributed by atoms with E-state index in [2.05, 4.69) is 45.8 Å². The molecule has 0 amide bonds. The molecule has 1 unspecified atom stereocenters. The molecule has 2 atom stereocenters. The number of pyridine rings is 1. The van der Waals surface area contributed by atoms with E-state index in [9.17, 15) is 4.79 Å².